The number of aromatic nitrogens is 2. The molecule has 0 spiro atoms. The number of benzene rings is 1. The zero-order valence-electron chi connectivity index (χ0n) is 10.4. The number of oxime groups is 1. The van der Waals surface area contributed by atoms with E-state index in [2.05, 4.69) is 15.1 Å². The number of carbonyl (C=O) groups excluding carboxylic acids is 1. The molecule has 3 aromatic rings. The number of nitrogens with two attached hydrogens (primary N) is 1. The van der Waals surface area contributed by atoms with Gasteiger partial charge in [0.2, 0.25) is 5.12 Å². The molecule has 0 saturated heterocycles. The SMILES string of the molecule is Nc1nc(/C(=N/O)C(=O)Sc2nc3ccccc3s2)cs1. The van der Waals surface area contributed by atoms with E-state index in [0.29, 0.717) is 9.47 Å². The van der Waals surface area contributed by atoms with Gasteiger partial charge in [-0.15, -0.1) is 22.7 Å². The summed E-state index contributed by atoms with van der Waals surface area (Å²) in [4.78, 5) is 20.5. The van der Waals surface area contributed by atoms with E-state index < -0.39 is 5.12 Å². The van der Waals surface area contributed by atoms with E-state index in [1.165, 1.54) is 22.7 Å². The maximum atomic E-state index is 12.2. The highest BCUT2D eigenvalue weighted by Crippen LogP contribution is 2.30. The Labute approximate surface area is 131 Å². The zero-order chi connectivity index (χ0) is 14.8. The van der Waals surface area contributed by atoms with E-state index in [9.17, 15) is 4.79 Å². The topological polar surface area (TPSA) is 101 Å². The van der Waals surface area contributed by atoms with Gasteiger partial charge in [0.25, 0.3) is 0 Å². The van der Waals surface area contributed by atoms with Crippen molar-refractivity contribution in [2.24, 2.45) is 5.16 Å². The number of thioether (sulfide) groups is 1. The van der Waals surface area contributed by atoms with E-state index in [1.54, 1.807) is 5.38 Å². The van der Waals surface area contributed by atoms with E-state index in [0.717, 1.165) is 22.0 Å². The second-order valence-electron chi connectivity index (χ2n) is 3.86. The van der Waals surface area contributed by atoms with Crippen LogP contribution in [0, 0.1) is 0 Å². The first-order valence-electron chi connectivity index (χ1n) is 5.68. The molecule has 106 valence electrons. The minimum atomic E-state index is -0.429. The number of carbonyl (C=O) groups is 1. The number of nitrogen functional groups attached to an aromatic ring is 1. The molecule has 9 heteroatoms. The van der Waals surface area contributed by atoms with Crippen LogP contribution in [0.3, 0.4) is 0 Å². The van der Waals surface area contributed by atoms with Crippen molar-refractivity contribution >= 4 is 60.6 Å². The van der Waals surface area contributed by atoms with Crippen molar-refractivity contribution in [3.05, 3.63) is 35.3 Å². The predicted octanol–water partition coefficient (Wildman–Crippen LogP) is 2.83. The molecule has 0 radical (unpaired) electrons. The molecule has 0 saturated carbocycles. The van der Waals surface area contributed by atoms with E-state index >= 15 is 0 Å². The standard InChI is InChI=1S/C12H8N4O2S3/c13-11-14-7(5-19-11)9(16-18)10(17)21-12-15-6-3-1-2-4-8(6)20-12/h1-5,18H,(H2,13,14)/b16-9-. The number of anilines is 1. The van der Waals surface area contributed by atoms with Crippen LogP contribution in [0.4, 0.5) is 5.13 Å². The maximum absolute atomic E-state index is 12.2. The molecule has 0 aliphatic heterocycles. The van der Waals surface area contributed by atoms with Gasteiger partial charge in [-0.2, -0.15) is 0 Å². The van der Waals surface area contributed by atoms with Gasteiger partial charge in [-0.25, -0.2) is 9.97 Å². The van der Waals surface area contributed by atoms with Crippen LogP contribution >= 0.6 is 34.4 Å². The molecule has 1 aromatic carbocycles. The number of fused-ring (bicyclic) bond motifs is 1. The third-order valence-electron chi connectivity index (χ3n) is 2.51. The minimum absolute atomic E-state index is 0.132. The van der Waals surface area contributed by atoms with Crippen molar-refractivity contribution in [1.29, 1.82) is 0 Å². The van der Waals surface area contributed by atoms with Crippen LogP contribution in [-0.2, 0) is 4.79 Å². The summed E-state index contributed by atoms with van der Waals surface area (Å²) in [7, 11) is 0. The van der Waals surface area contributed by atoms with E-state index in [4.69, 9.17) is 10.9 Å². The molecule has 3 N–H and O–H groups in total. The fourth-order valence-electron chi connectivity index (χ4n) is 1.62. The lowest BCUT2D eigenvalue weighted by Crippen LogP contribution is -2.12. The van der Waals surface area contributed by atoms with Crippen molar-refractivity contribution in [3.63, 3.8) is 0 Å². The predicted molar refractivity (Wildman–Crippen MR) is 85.3 cm³/mol. The molecular weight excluding hydrogens is 328 g/mol. The summed E-state index contributed by atoms with van der Waals surface area (Å²) in [6.07, 6.45) is 0. The van der Waals surface area contributed by atoms with Gasteiger partial charge in [0.15, 0.2) is 15.2 Å². The second kappa shape index (κ2) is 5.80. The van der Waals surface area contributed by atoms with Crippen molar-refractivity contribution in [1.82, 2.24) is 9.97 Å². The number of para-hydroxylation sites is 1. The van der Waals surface area contributed by atoms with Crippen LogP contribution < -0.4 is 5.73 Å². The molecule has 3 rings (SSSR count). The third kappa shape index (κ3) is 2.89. The maximum Gasteiger partial charge on any atom is 0.250 e. The molecule has 6 nitrogen and oxygen atoms in total. The highest BCUT2D eigenvalue weighted by Gasteiger charge is 2.21. The monoisotopic (exact) mass is 336 g/mol. The first-order valence-corrected chi connectivity index (χ1v) is 8.20. The van der Waals surface area contributed by atoms with E-state index in [-0.39, 0.29) is 11.4 Å². The minimum Gasteiger partial charge on any atom is -0.410 e. The second-order valence-corrected chi connectivity index (χ2v) is 7.00. The molecule has 0 unspecified atom stereocenters. The van der Waals surface area contributed by atoms with Gasteiger partial charge < -0.3 is 10.9 Å². The quantitative estimate of drug-likeness (QED) is 0.330. The summed E-state index contributed by atoms with van der Waals surface area (Å²) in [6.45, 7) is 0. The van der Waals surface area contributed by atoms with Crippen molar-refractivity contribution in [2.45, 2.75) is 4.34 Å². The van der Waals surface area contributed by atoms with Gasteiger partial charge in [-0.1, -0.05) is 17.3 Å². The van der Waals surface area contributed by atoms with Crippen LogP contribution in [0.5, 0.6) is 0 Å². The number of nitrogens with zero attached hydrogens (tertiary/aromatic N) is 3. The summed E-state index contributed by atoms with van der Waals surface area (Å²) in [5, 5.41) is 13.5. The lowest BCUT2D eigenvalue weighted by Gasteiger charge is -1.97. The van der Waals surface area contributed by atoms with Crippen LogP contribution in [0.15, 0.2) is 39.1 Å². The Hall–Kier alpha value is -1.97. The third-order valence-corrected chi connectivity index (χ3v) is 5.16. The molecular formula is C12H8N4O2S3. The van der Waals surface area contributed by atoms with Crippen LogP contribution in [0.1, 0.15) is 5.69 Å². The Morgan fingerprint density at radius 3 is 2.81 bits per heavy atom. The normalized spacial score (nSPS) is 11.9. The molecule has 0 fully saturated rings. The van der Waals surface area contributed by atoms with Gasteiger partial charge in [0.1, 0.15) is 5.69 Å². The summed E-state index contributed by atoms with van der Waals surface area (Å²) in [6, 6.07) is 7.61. The number of rotatable bonds is 3. The molecule has 0 bridgehead atoms. The summed E-state index contributed by atoms with van der Waals surface area (Å²) >= 11 is 3.49. The van der Waals surface area contributed by atoms with Crippen LogP contribution in [0.25, 0.3) is 10.2 Å². The fourth-order valence-corrected chi connectivity index (χ4v) is 4.07. The van der Waals surface area contributed by atoms with Crippen molar-refractivity contribution < 1.29 is 10.0 Å². The highest BCUT2D eigenvalue weighted by atomic mass is 32.2. The Morgan fingerprint density at radius 2 is 2.14 bits per heavy atom. The lowest BCUT2D eigenvalue weighted by atomic mass is 10.3. The molecule has 0 amide bonds. The average molecular weight is 336 g/mol. The Balaban J connectivity index is 1.84. The molecule has 0 atom stereocenters. The van der Waals surface area contributed by atoms with Crippen molar-refractivity contribution in [3.8, 4) is 0 Å². The molecule has 21 heavy (non-hydrogen) atoms. The molecule has 0 aliphatic rings. The summed E-state index contributed by atoms with van der Waals surface area (Å²) in [5.41, 5.74) is 6.48. The Bertz CT molecular complexity index is 807. The number of hydrogen-bond donors (Lipinski definition) is 2. The first kappa shape index (κ1) is 14.0. The highest BCUT2D eigenvalue weighted by molar-refractivity contribution is 8.16. The van der Waals surface area contributed by atoms with Gasteiger partial charge >= 0.3 is 0 Å². The Kier molecular flexibility index (Phi) is 3.86. The largest absolute Gasteiger partial charge is 0.410 e. The van der Waals surface area contributed by atoms with Gasteiger partial charge in [-0.05, 0) is 23.9 Å². The van der Waals surface area contributed by atoms with E-state index in [1.807, 2.05) is 24.3 Å². The number of hydrogen-bond acceptors (Lipinski definition) is 9. The smallest absolute Gasteiger partial charge is 0.250 e. The summed E-state index contributed by atoms with van der Waals surface area (Å²) < 4.78 is 1.58. The lowest BCUT2D eigenvalue weighted by molar-refractivity contribution is -0.105. The zero-order valence-corrected chi connectivity index (χ0v) is 12.8. The molecule has 0 aliphatic carbocycles. The first-order chi connectivity index (χ1) is 10.2. The number of thiazole rings is 2. The average Bonchev–Trinajstić information content (AvgIpc) is 3.05. The van der Waals surface area contributed by atoms with Gasteiger partial charge in [0, 0.05) is 5.38 Å². The van der Waals surface area contributed by atoms with Crippen molar-refractivity contribution in [2.75, 3.05) is 5.73 Å². The van der Waals surface area contributed by atoms with Gasteiger partial charge in [0.05, 0.1) is 10.2 Å². The fraction of sp³-hybridized carbons (Fsp3) is 0. The summed E-state index contributed by atoms with van der Waals surface area (Å²) in [5.74, 6) is 0. The molecule has 2 heterocycles. The molecule has 2 aromatic heterocycles. The Morgan fingerprint density at radius 1 is 1.33 bits per heavy atom. The van der Waals surface area contributed by atoms with Crippen LogP contribution in [-0.4, -0.2) is 26.0 Å². The van der Waals surface area contributed by atoms with Crippen LogP contribution in [0.2, 0.25) is 0 Å². The van der Waals surface area contributed by atoms with Gasteiger partial charge in [-0.3, -0.25) is 4.79 Å².